The van der Waals surface area contributed by atoms with Gasteiger partial charge in [-0.25, -0.2) is 4.79 Å². The lowest BCUT2D eigenvalue weighted by Gasteiger charge is -2.23. The molecule has 7 nitrogen and oxygen atoms in total. The van der Waals surface area contributed by atoms with Crippen molar-refractivity contribution in [2.75, 3.05) is 24.7 Å². The monoisotopic (exact) mass is 362 g/mol. The number of carbonyl (C=O) groups is 2. The van der Waals surface area contributed by atoms with Crippen LogP contribution in [0.3, 0.4) is 0 Å². The van der Waals surface area contributed by atoms with Crippen LogP contribution in [-0.4, -0.2) is 49.4 Å². The third-order valence-electron chi connectivity index (χ3n) is 3.53. The molecule has 0 aromatic heterocycles. The van der Waals surface area contributed by atoms with Crippen molar-refractivity contribution in [1.29, 1.82) is 0 Å². The van der Waals surface area contributed by atoms with Gasteiger partial charge in [-0.2, -0.15) is 4.99 Å². The average Bonchev–Trinajstić information content (AvgIpc) is 2.79. The lowest BCUT2D eigenvalue weighted by Crippen LogP contribution is -2.39. The first-order chi connectivity index (χ1) is 12.3. The molecule has 0 saturated heterocycles. The minimum absolute atomic E-state index is 0.0709. The molecule has 1 heterocycles. The zero-order valence-corrected chi connectivity index (χ0v) is 15.9. The van der Waals surface area contributed by atoms with Crippen LogP contribution in [0.4, 0.5) is 10.5 Å². The van der Waals surface area contributed by atoms with Crippen LogP contribution in [0.2, 0.25) is 0 Å². The standard InChI is InChI=1S/C19H26N2O5/c1-6-24-15(25-7-2)12-21-14-11-9-8-10-13(14)16(17(21)22)20-18(23)26-19(3,4)5/h8-11,15H,6-7,12H2,1-5H3/b20-16-. The van der Waals surface area contributed by atoms with Crippen LogP contribution in [0.5, 0.6) is 0 Å². The fourth-order valence-electron chi connectivity index (χ4n) is 2.60. The fraction of sp³-hybridized carbons (Fsp3) is 0.526. The number of amides is 2. The highest BCUT2D eigenvalue weighted by Gasteiger charge is 2.36. The zero-order chi connectivity index (χ0) is 19.3. The summed E-state index contributed by atoms with van der Waals surface area (Å²) in [5.74, 6) is -0.374. The molecule has 142 valence electrons. The molecule has 2 amide bonds. The molecule has 1 aromatic carbocycles. The highest BCUT2D eigenvalue weighted by molar-refractivity contribution is 6.55. The molecule has 26 heavy (non-hydrogen) atoms. The van der Waals surface area contributed by atoms with Gasteiger partial charge >= 0.3 is 6.09 Å². The van der Waals surface area contributed by atoms with E-state index in [9.17, 15) is 9.59 Å². The lowest BCUT2D eigenvalue weighted by atomic mass is 10.1. The van der Waals surface area contributed by atoms with E-state index in [0.717, 1.165) is 0 Å². The summed E-state index contributed by atoms with van der Waals surface area (Å²) in [5.41, 5.74) is 0.651. The third-order valence-corrected chi connectivity index (χ3v) is 3.53. The Hall–Kier alpha value is -2.25. The van der Waals surface area contributed by atoms with Gasteiger partial charge in [-0.05, 0) is 40.7 Å². The Morgan fingerprint density at radius 1 is 1.15 bits per heavy atom. The number of aliphatic imine (C=N–C) groups is 1. The number of fused-ring (bicyclic) bond motifs is 1. The molecule has 0 radical (unpaired) electrons. The molecule has 0 fully saturated rings. The Balaban J connectivity index is 2.31. The molecule has 0 saturated carbocycles. The number of para-hydroxylation sites is 1. The van der Waals surface area contributed by atoms with Gasteiger partial charge in [0.25, 0.3) is 5.91 Å². The molecule has 1 aliphatic rings. The van der Waals surface area contributed by atoms with Crippen molar-refractivity contribution in [2.24, 2.45) is 4.99 Å². The summed E-state index contributed by atoms with van der Waals surface area (Å²) < 4.78 is 16.3. The van der Waals surface area contributed by atoms with E-state index in [1.165, 1.54) is 4.90 Å². The summed E-state index contributed by atoms with van der Waals surface area (Å²) in [6.45, 7) is 10.1. The van der Waals surface area contributed by atoms with Gasteiger partial charge in [0, 0.05) is 18.8 Å². The van der Waals surface area contributed by atoms with Crippen molar-refractivity contribution in [2.45, 2.75) is 46.5 Å². The predicted molar refractivity (Wildman–Crippen MR) is 98.6 cm³/mol. The maximum atomic E-state index is 12.9. The van der Waals surface area contributed by atoms with Crippen LogP contribution in [0, 0.1) is 0 Å². The molecular formula is C19H26N2O5. The minimum atomic E-state index is -0.788. The van der Waals surface area contributed by atoms with Crippen LogP contribution < -0.4 is 4.90 Å². The topological polar surface area (TPSA) is 77.4 Å². The Labute approximate surface area is 153 Å². The summed E-state index contributed by atoms with van der Waals surface area (Å²) in [6.07, 6.45) is -1.34. The van der Waals surface area contributed by atoms with Crippen LogP contribution in [-0.2, 0) is 19.0 Å². The van der Waals surface area contributed by atoms with Crippen LogP contribution in [0.1, 0.15) is 40.2 Å². The zero-order valence-electron chi connectivity index (χ0n) is 15.9. The summed E-state index contributed by atoms with van der Waals surface area (Å²) in [6, 6.07) is 7.18. The van der Waals surface area contributed by atoms with E-state index < -0.39 is 18.0 Å². The first-order valence-electron chi connectivity index (χ1n) is 8.73. The third kappa shape index (κ3) is 4.89. The van der Waals surface area contributed by atoms with E-state index in [0.29, 0.717) is 24.5 Å². The molecule has 2 rings (SSSR count). The first kappa shape index (κ1) is 20.1. The molecule has 0 spiro atoms. The molecule has 7 heteroatoms. The van der Waals surface area contributed by atoms with Gasteiger partial charge in [0.2, 0.25) is 0 Å². The van der Waals surface area contributed by atoms with Crippen molar-refractivity contribution in [3.8, 4) is 0 Å². The van der Waals surface area contributed by atoms with Crippen molar-refractivity contribution >= 4 is 23.4 Å². The van der Waals surface area contributed by atoms with Gasteiger partial charge in [-0.1, -0.05) is 18.2 Å². The predicted octanol–water partition coefficient (Wildman–Crippen LogP) is 3.16. The second-order valence-corrected chi connectivity index (χ2v) is 6.71. The summed E-state index contributed by atoms with van der Waals surface area (Å²) >= 11 is 0. The molecular weight excluding hydrogens is 336 g/mol. The second-order valence-electron chi connectivity index (χ2n) is 6.71. The lowest BCUT2D eigenvalue weighted by molar-refractivity contribution is -0.133. The highest BCUT2D eigenvalue weighted by atomic mass is 16.7. The Bertz CT molecular complexity index is 687. The van der Waals surface area contributed by atoms with Crippen LogP contribution >= 0.6 is 0 Å². The maximum absolute atomic E-state index is 12.9. The second kappa shape index (κ2) is 8.42. The van der Waals surface area contributed by atoms with Gasteiger partial charge in [-0.15, -0.1) is 0 Å². The number of carbonyl (C=O) groups excluding carboxylic acids is 2. The molecule has 0 atom stereocenters. The Kier molecular flexibility index (Phi) is 6.50. The van der Waals surface area contributed by atoms with Gasteiger partial charge < -0.3 is 19.1 Å². The summed E-state index contributed by atoms with van der Waals surface area (Å²) in [4.78, 5) is 30.4. The van der Waals surface area contributed by atoms with Gasteiger partial charge in [-0.3, -0.25) is 4.79 Å². The smallest absolute Gasteiger partial charge is 0.434 e. The van der Waals surface area contributed by atoms with Crippen molar-refractivity contribution < 1.29 is 23.8 Å². The van der Waals surface area contributed by atoms with Gasteiger partial charge in [0.1, 0.15) is 11.3 Å². The normalized spacial score (nSPS) is 15.7. The van der Waals surface area contributed by atoms with Crippen molar-refractivity contribution in [3.05, 3.63) is 29.8 Å². The molecule has 0 N–H and O–H groups in total. The number of rotatable bonds is 6. The number of ether oxygens (including phenoxy) is 3. The Morgan fingerprint density at radius 2 is 1.77 bits per heavy atom. The van der Waals surface area contributed by atoms with Crippen molar-refractivity contribution in [1.82, 2.24) is 0 Å². The number of hydrogen-bond acceptors (Lipinski definition) is 5. The molecule has 0 bridgehead atoms. The van der Waals surface area contributed by atoms with Gasteiger partial charge in [0.15, 0.2) is 6.29 Å². The molecule has 0 unspecified atom stereocenters. The van der Waals surface area contributed by atoms with E-state index >= 15 is 0 Å². The van der Waals surface area contributed by atoms with E-state index in [2.05, 4.69) is 4.99 Å². The average molecular weight is 362 g/mol. The number of benzene rings is 1. The number of nitrogens with zero attached hydrogens (tertiary/aromatic N) is 2. The van der Waals surface area contributed by atoms with E-state index in [1.807, 2.05) is 19.9 Å². The van der Waals surface area contributed by atoms with E-state index in [-0.39, 0.29) is 18.2 Å². The van der Waals surface area contributed by atoms with Crippen molar-refractivity contribution in [3.63, 3.8) is 0 Å². The number of anilines is 1. The summed E-state index contributed by atoms with van der Waals surface area (Å²) in [5, 5.41) is 0. The van der Waals surface area contributed by atoms with Crippen LogP contribution in [0.15, 0.2) is 29.3 Å². The van der Waals surface area contributed by atoms with Gasteiger partial charge in [0.05, 0.1) is 12.2 Å². The largest absolute Gasteiger partial charge is 0.442 e. The number of hydrogen-bond donors (Lipinski definition) is 0. The Morgan fingerprint density at radius 3 is 2.35 bits per heavy atom. The van der Waals surface area contributed by atoms with Crippen LogP contribution in [0.25, 0.3) is 0 Å². The first-order valence-corrected chi connectivity index (χ1v) is 8.73. The maximum Gasteiger partial charge on any atom is 0.434 e. The fourth-order valence-corrected chi connectivity index (χ4v) is 2.60. The van der Waals surface area contributed by atoms with E-state index in [4.69, 9.17) is 14.2 Å². The quantitative estimate of drug-likeness (QED) is 0.727. The summed E-state index contributed by atoms with van der Waals surface area (Å²) in [7, 11) is 0. The molecule has 1 aliphatic heterocycles. The molecule has 1 aromatic rings. The SMILES string of the molecule is CCOC(CN1C(=O)/C(=N\C(=O)OC(C)(C)C)c2ccccc21)OCC. The minimum Gasteiger partial charge on any atom is -0.442 e. The highest BCUT2D eigenvalue weighted by Crippen LogP contribution is 2.30. The molecule has 0 aliphatic carbocycles. The van der Waals surface area contributed by atoms with E-state index in [1.54, 1.807) is 39.0 Å².